The van der Waals surface area contributed by atoms with Crippen LogP contribution in [0.25, 0.3) is 0 Å². The minimum absolute atomic E-state index is 0.123. The zero-order valence-corrected chi connectivity index (χ0v) is 19.7. The molecule has 0 bridgehead atoms. The van der Waals surface area contributed by atoms with Crippen LogP contribution in [0.3, 0.4) is 0 Å². The molecule has 1 aromatic rings. The van der Waals surface area contributed by atoms with Crippen LogP contribution in [0.2, 0.25) is 0 Å². The zero-order valence-electron chi connectivity index (χ0n) is 18.9. The molecule has 7 heteroatoms. The molecule has 32 heavy (non-hydrogen) atoms. The van der Waals surface area contributed by atoms with E-state index in [0.717, 1.165) is 50.4 Å². The van der Waals surface area contributed by atoms with Gasteiger partial charge in [-0.25, -0.2) is 8.78 Å². The summed E-state index contributed by atoms with van der Waals surface area (Å²) < 4.78 is 28.6. The Morgan fingerprint density at radius 1 is 1.12 bits per heavy atom. The Hall–Kier alpha value is -2.02. The minimum atomic E-state index is -0.786. The number of nitrogens with zero attached hydrogens (tertiary/aromatic N) is 2. The average molecular weight is 462 g/mol. The topological polar surface area (TPSA) is 35.6 Å². The van der Waals surface area contributed by atoms with Crippen LogP contribution in [-0.2, 0) is 0 Å². The quantitative estimate of drug-likeness (QED) is 0.508. The molecule has 4 rings (SSSR count). The van der Waals surface area contributed by atoms with Gasteiger partial charge in [-0.05, 0) is 87.6 Å². The highest BCUT2D eigenvalue weighted by atomic mass is 32.1. The van der Waals surface area contributed by atoms with Gasteiger partial charge in [0.25, 0.3) is 5.91 Å². The molecule has 2 aliphatic heterocycles. The fourth-order valence-electron chi connectivity index (χ4n) is 5.29. The highest BCUT2D eigenvalue weighted by Gasteiger charge is 2.42. The highest BCUT2D eigenvalue weighted by Crippen LogP contribution is 2.40. The molecule has 0 atom stereocenters. The van der Waals surface area contributed by atoms with Crippen molar-refractivity contribution in [1.29, 1.82) is 0 Å². The summed E-state index contributed by atoms with van der Waals surface area (Å²) in [4.78, 5) is 16.7. The molecule has 4 nitrogen and oxygen atoms in total. The van der Waals surface area contributed by atoms with E-state index in [-0.39, 0.29) is 11.0 Å². The van der Waals surface area contributed by atoms with E-state index >= 15 is 0 Å². The second kappa shape index (κ2) is 9.86. The van der Waals surface area contributed by atoms with Crippen LogP contribution in [0, 0.1) is 24.0 Å². The molecular weight excluding hydrogens is 428 g/mol. The molecule has 0 saturated carbocycles. The van der Waals surface area contributed by atoms with Crippen molar-refractivity contribution in [3.63, 3.8) is 0 Å². The van der Waals surface area contributed by atoms with Gasteiger partial charge in [0.1, 0.15) is 17.2 Å². The molecule has 1 aliphatic carbocycles. The smallest absolute Gasteiger partial charge is 0.259 e. The summed E-state index contributed by atoms with van der Waals surface area (Å²) in [6.45, 7) is 5.28. The van der Waals surface area contributed by atoms with Gasteiger partial charge in [-0.1, -0.05) is 17.7 Å². The summed E-state index contributed by atoms with van der Waals surface area (Å²) in [6.07, 6.45) is 11.2. The van der Waals surface area contributed by atoms with Crippen molar-refractivity contribution in [1.82, 2.24) is 15.1 Å². The van der Waals surface area contributed by atoms with Gasteiger partial charge in [0.2, 0.25) is 0 Å². The van der Waals surface area contributed by atoms with Crippen LogP contribution in [0.4, 0.5) is 8.78 Å². The number of hydrogen-bond donors (Lipinski definition) is 1. The fraction of sp³-hybridized carbons (Fsp3) is 0.600. The van der Waals surface area contributed by atoms with Gasteiger partial charge < -0.3 is 15.1 Å². The Morgan fingerprint density at radius 3 is 2.53 bits per heavy atom. The van der Waals surface area contributed by atoms with E-state index in [1.807, 2.05) is 0 Å². The van der Waals surface area contributed by atoms with Crippen molar-refractivity contribution in [2.24, 2.45) is 5.41 Å². The second-order valence-electron chi connectivity index (χ2n) is 9.61. The molecule has 3 aliphatic rings. The number of carbonyl (C=O) groups excluding carboxylic acids is 1. The molecule has 0 aromatic heterocycles. The number of carbonyl (C=O) groups is 1. The molecule has 1 N–H and O–H groups in total. The molecule has 1 spiro atoms. The van der Waals surface area contributed by atoms with Gasteiger partial charge in [-0.2, -0.15) is 0 Å². The van der Waals surface area contributed by atoms with Gasteiger partial charge in [-0.15, -0.1) is 0 Å². The first-order valence-corrected chi connectivity index (χ1v) is 12.2. The van der Waals surface area contributed by atoms with Crippen LogP contribution in [0.5, 0.6) is 0 Å². The van der Waals surface area contributed by atoms with Crippen LogP contribution < -0.4 is 5.32 Å². The number of aryl methyl sites for hydroxylation is 1. The normalized spacial score (nSPS) is 20.4. The van der Waals surface area contributed by atoms with E-state index in [9.17, 15) is 13.6 Å². The van der Waals surface area contributed by atoms with Gasteiger partial charge in [0.05, 0.1) is 0 Å². The maximum atomic E-state index is 14.4. The lowest BCUT2D eigenvalue weighted by molar-refractivity contribution is 0.0589. The van der Waals surface area contributed by atoms with Gasteiger partial charge in [-0.3, -0.25) is 4.79 Å². The SMILES string of the molecule is Cc1ccc(F)c(C(=O)N2CCC3(CC2)CCN(C(=S)NCCC2=CCCCC2)C3)c1F. The maximum Gasteiger partial charge on any atom is 0.259 e. The monoisotopic (exact) mass is 461 g/mol. The Balaban J connectivity index is 1.27. The first kappa shape index (κ1) is 23.1. The number of piperidine rings is 1. The molecule has 0 radical (unpaired) electrons. The van der Waals surface area contributed by atoms with Crippen molar-refractivity contribution < 1.29 is 13.6 Å². The van der Waals surface area contributed by atoms with Crippen molar-refractivity contribution >= 4 is 23.2 Å². The van der Waals surface area contributed by atoms with Crippen molar-refractivity contribution in [2.45, 2.75) is 58.3 Å². The summed E-state index contributed by atoms with van der Waals surface area (Å²) in [5.41, 5.74) is 1.53. The third-order valence-corrected chi connectivity index (χ3v) is 7.84. The zero-order chi connectivity index (χ0) is 22.7. The summed E-state index contributed by atoms with van der Waals surface area (Å²) in [5, 5.41) is 4.25. The number of thiocarbonyl (C=S) groups is 1. The van der Waals surface area contributed by atoms with Gasteiger partial charge in [0.15, 0.2) is 5.11 Å². The van der Waals surface area contributed by atoms with Gasteiger partial charge >= 0.3 is 0 Å². The van der Waals surface area contributed by atoms with E-state index in [0.29, 0.717) is 13.1 Å². The highest BCUT2D eigenvalue weighted by molar-refractivity contribution is 7.80. The standard InChI is InChI=1S/C25H33F2N3OS/c1-18-7-8-20(26)21(22(18)27)23(31)29-14-10-25(11-15-29)12-16-30(17-25)24(32)28-13-9-19-5-3-2-4-6-19/h5,7-8H,2-4,6,9-17H2,1H3,(H,28,32). The summed E-state index contributed by atoms with van der Waals surface area (Å²) >= 11 is 5.65. The number of rotatable bonds is 4. The molecule has 1 amide bonds. The number of amides is 1. The maximum absolute atomic E-state index is 14.4. The molecule has 174 valence electrons. The lowest BCUT2D eigenvalue weighted by Crippen LogP contribution is -2.46. The Labute approximate surface area is 195 Å². The van der Waals surface area contributed by atoms with Crippen molar-refractivity contribution in [3.05, 3.63) is 46.5 Å². The van der Waals surface area contributed by atoms with Crippen LogP contribution in [-0.4, -0.2) is 53.5 Å². The number of benzene rings is 1. The average Bonchev–Trinajstić information content (AvgIpc) is 3.21. The summed E-state index contributed by atoms with van der Waals surface area (Å²) in [5.74, 6) is -2.07. The predicted octanol–water partition coefficient (Wildman–Crippen LogP) is 4.97. The van der Waals surface area contributed by atoms with E-state index in [1.54, 1.807) is 17.4 Å². The largest absolute Gasteiger partial charge is 0.362 e. The number of halogens is 2. The van der Waals surface area contributed by atoms with Crippen molar-refractivity contribution in [3.8, 4) is 0 Å². The van der Waals surface area contributed by atoms with Crippen molar-refractivity contribution in [2.75, 3.05) is 32.7 Å². The molecule has 2 fully saturated rings. The molecule has 1 aromatic carbocycles. The Bertz CT molecular complexity index is 909. The summed E-state index contributed by atoms with van der Waals surface area (Å²) in [6, 6.07) is 2.54. The Kier molecular flexibility index (Phi) is 7.13. The minimum Gasteiger partial charge on any atom is -0.362 e. The number of nitrogens with one attached hydrogen (secondary N) is 1. The molecule has 0 unspecified atom stereocenters. The molecular formula is C25H33F2N3OS. The summed E-state index contributed by atoms with van der Waals surface area (Å²) in [7, 11) is 0. The second-order valence-corrected chi connectivity index (χ2v) is 9.99. The molecule has 2 saturated heterocycles. The van der Waals surface area contributed by atoms with Crippen LogP contribution >= 0.6 is 12.2 Å². The van der Waals surface area contributed by atoms with E-state index in [1.165, 1.54) is 37.8 Å². The number of likely N-dealkylation sites (tertiary alicyclic amines) is 2. The van der Waals surface area contributed by atoms with Crippen LogP contribution in [0.15, 0.2) is 23.8 Å². The van der Waals surface area contributed by atoms with E-state index in [2.05, 4.69) is 16.3 Å². The molecule has 2 heterocycles. The third-order valence-electron chi connectivity index (χ3n) is 7.44. The third kappa shape index (κ3) is 4.98. The lowest BCUT2D eigenvalue weighted by atomic mass is 9.77. The van der Waals surface area contributed by atoms with E-state index < -0.39 is 23.1 Å². The number of hydrogen-bond acceptors (Lipinski definition) is 2. The number of allylic oxidation sites excluding steroid dienone is 1. The fourth-order valence-corrected chi connectivity index (χ4v) is 5.54. The predicted molar refractivity (Wildman–Crippen MR) is 127 cm³/mol. The lowest BCUT2D eigenvalue weighted by Gasteiger charge is -2.39. The van der Waals surface area contributed by atoms with Crippen LogP contribution in [0.1, 0.15) is 67.3 Å². The Morgan fingerprint density at radius 2 is 1.84 bits per heavy atom. The first-order chi connectivity index (χ1) is 15.4. The first-order valence-electron chi connectivity index (χ1n) is 11.8. The van der Waals surface area contributed by atoms with E-state index in [4.69, 9.17) is 12.2 Å². The van der Waals surface area contributed by atoms with Gasteiger partial charge in [0, 0.05) is 32.7 Å².